The first-order chi connectivity index (χ1) is 17.9. The zero-order valence-electron chi connectivity index (χ0n) is 21.3. The summed E-state index contributed by atoms with van der Waals surface area (Å²) < 4.78 is 45.4. The van der Waals surface area contributed by atoms with Gasteiger partial charge in [-0.25, -0.2) is 8.78 Å². The highest BCUT2D eigenvalue weighted by Crippen LogP contribution is 2.20. The molecular weight excluding hydrogens is 502 g/mol. The van der Waals surface area contributed by atoms with Gasteiger partial charge < -0.3 is 29.0 Å². The van der Waals surface area contributed by atoms with E-state index >= 15 is 4.39 Å². The fourth-order valence-electron chi connectivity index (χ4n) is 4.45. The van der Waals surface area contributed by atoms with Gasteiger partial charge in [0.2, 0.25) is 0 Å². The second kappa shape index (κ2) is 10.9. The predicted molar refractivity (Wildman–Crippen MR) is 133 cm³/mol. The molecule has 2 heterocycles. The van der Waals surface area contributed by atoms with E-state index in [1.165, 1.54) is 24.3 Å². The molecule has 2 aromatic rings. The Hall–Kier alpha value is -3.12. The summed E-state index contributed by atoms with van der Waals surface area (Å²) in [6.07, 6.45) is -0.161. The van der Waals surface area contributed by atoms with E-state index in [-0.39, 0.29) is 54.7 Å². The lowest BCUT2D eigenvalue weighted by Crippen LogP contribution is -2.41. The zero-order valence-corrected chi connectivity index (χ0v) is 21.3. The molecule has 38 heavy (non-hydrogen) atoms. The molecule has 1 amide bonds. The third kappa shape index (κ3) is 5.80. The van der Waals surface area contributed by atoms with Gasteiger partial charge in [0.1, 0.15) is 23.8 Å². The summed E-state index contributed by atoms with van der Waals surface area (Å²) >= 11 is 0. The van der Waals surface area contributed by atoms with Crippen molar-refractivity contribution in [3.05, 3.63) is 58.2 Å². The van der Waals surface area contributed by atoms with Crippen LogP contribution in [0.3, 0.4) is 0 Å². The van der Waals surface area contributed by atoms with Crippen molar-refractivity contribution in [1.82, 2.24) is 4.90 Å². The summed E-state index contributed by atoms with van der Waals surface area (Å²) in [6, 6.07) is 5.54. The Balaban J connectivity index is 1.50. The number of amides is 1. The molecule has 0 aromatic heterocycles. The maximum Gasteiger partial charge on any atom is 0.494 e. The van der Waals surface area contributed by atoms with Crippen molar-refractivity contribution in [3.8, 4) is 0 Å². The van der Waals surface area contributed by atoms with Gasteiger partial charge in [0.25, 0.3) is 5.91 Å². The molecule has 200 valence electrons. The number of hydrogen-bond acceptors (Lipinski definition) is 8. The standard InChI is InChI=1S/C25H27B2F2NO8/c1-25(2,3)38-19(32)11-30(24(33)17-9-7-15-13-37-27(35)21(15)23(17)29)10-4-5-18(31)16-8-6-14-12-36-26(34)20(14)22(16)28/h6-9,34-35H,4-5,10-13H2,1-3H3. The molecule has 0 fully saturated rings. The number of carbonyl (C=O) groups excluding carboxylic acids is 3. The minimum Gasteiger partial charge on any atom is -0.459 e. The highest BCUT2D eigenvalue weighted by Gasteiger charge is 2.35. The van der Waals surface area contributed by atoms with Crippen LogP contribution in [0.2, 0.25) is 0 Å². The Morgan fingerprint density at radius 3 is 2.03 bits per heavy atom. The molecule has 13 heteroatoms. The van der Waals surface area contributed by atoms with Crippen LogP contribution in [0.4, 0.5) is 8.78 Å². The lowest BCUT2D eigenvalue weighted by Gasteiger charge is -2.25. The third-order valence-electron chi connectivity index (χ3n) is 6.22. The van der Waals surface area contributed by atoms with E-state index in [1.807, 2.05) is 0 Å². The number of ether oxygens (including phenoxy) is 1. The van der Waals surface area contributed by atoms with E-state index in [0.29, 0.717) is 11.1 Å². The van der Waals surface area contributed by atoms with Gasteiger partial charge in [0.15, 0.2) is 5.78 Å². The van der Waals surface area contributed by atoms with Gasteiger partial charge in [-0.05, 0) is 50.5 Å². The summed E-state index contributed by atoms with van der Waals surface area (Å²) in [7, 11) is -2.97. The maximum absolute atomic E-state index is 15.2. The van der Waals surface area contributed by atoms with E-state index in [1.54, 1.807) is 20.8 Å². The van der Waals surface area contributed by atoms with Crippen LogP contribution >= 0.6 is 0 Å². The second-order valence-corrected chi connectivity index (χ2v) is 10.2. The fraction of sp³-hybridized carbons (Fsp3) is 0.400. The molecule has 9 nitrogen and oxygen atoms in total. The summed E-state index contributed by atoms with van der Waals surface area (Å²) in [5.41, 5.74) is -0.784. The van der Waals surface area contributed by atoms with Crippen molar-refractivity contribution in [1.29, 1.82) is 0 Å². The normalized spacial score (nSPS) is 14.4. The first-order valence-electron chi connectivity index (χ1n) is 12.1. The lowest BCUT2D eigenvalue weighted by atomic mass is 9.77. The number of ketones is 1. The zero-order chi connectivity index (χ0) is 27.8. The third-order valence-corrected chi connectivity index (χ3v) is 6.22. The van der Waals surface area contributed by atoms with Crippen LogP contribution in [0.5, 0.6) is 0 Å². The predicted octanol–water partition coefficient (Wildman–Crippen LogP) is 0.847. The van der Waals surface area contributed by atoms with E-state index < -0.39 is 55.7 Å². The van der Waals surface area contributed by atoms with E-state index in [2.05, 4.69) is 0 Å². The number of rotatable bonds is 8. The molecule has 0 aliphatic carbocycles. The SMILES string of the molecule is CC(C)(C)OC(=O)CN(CCCC(=O)c1ccc2c(c1F)B(O)OC2)C(=O)c1ccc2c(c1F)B(O)OC2. The van der Waals surface area contributed by atoms with Gasteiger partial charge in [-0.2, -0.15) is 0 Å². The summed E-state index contributed by atoms with van der Waals surface area (Å²) in [6.45, 7) is 4.34. The van der Waals surface area contributed by atoms with Gasteiger partial charge >= 0.3 is 20.2 Å². The average Bonchev–Trinajstić information content (AvgIpc) is 3.40. The Morgan fingerprint density at radius 1 is 0.947 bits per heavy atom. The van der Waals surface area contributed by atoms with E-state index in [9.17, 15) is 28.8 Å². The van der Waals surface area contributed by atoms with Crippen molar-refractivity contribution in [2.24, 2.45) is 0 Å². The molecule has 4 rings (SSSR count). The smallest absolute Gasteiger partial charge is 0.459 e. The fourth-order valence-corrected chi connectivity index (χ4v) is 4.45. The van der Waals surface area contributed by atoms with E-state index in [4.69, 9.17) is 14.0 Å². The molecular formula is C25H27B2F2NO8. The van der Waals surface area contributed by atoms with Crippen molar-refractivity contribution in [2.45, 2.75) is 52.4 Å². The van der Waals surface area contributed by atoms with Gasteiger partial charge in [0.05, 0.1) is 24.3 Å². The molecule has 2 N–H and O–H groups in total. The van der Waals surface area contributed by atoms with E-state index in [0.717, 1.165) is 4.90 Å². The monoisotopic (exact) mass is 529 g/mol. The molecule has 2 aromatic carbocycles. The maximum atomic E-state index is 15.2. The molecule has 0 spiro atoms. The number of carbonyl (C=O) groups is 3. The number of halogens is 2. The van der Waals surface area contributed by atoms with Crippen molar-refractivity contribution in [3.63, 3.8) is 0 Å². The van der Waals surface area contributed by atoms with Crippen molar-refractivity contribution < 1.29 is 47.3 Å². The Labute approximate surface area is 219 Å². The van der Waals surface area contributed by atoms with Crippen molar-refractivity contribution >= 4 is 42.8 Å². The summed E-state index contributed by atoms with van der Waals surface area (Å²) in [5, 5.41) is 19.8. The van der Waals surface area contributed by atoms with Crippen LogP contribution in [-0.2, 0) is 32.1 Å². The quantitative estimate of drug-likeness (QED) is 0.294. The summed E-state index contributed by atoms with van der Waals surface area (Å²) in [4.78, 5) is 39.6. The topological polar surface area (TPSA) is 123 Å². The molecule has 0 unspecified atom stereocenters. The molecule has 0 saturated carbocycles. The number of esters is 1. The number of Topliss-reactive ketones (excluding diaryl/α,β-unsaturated/α-hetero) is 1. The van der Waals surface area contributed by atoms with Gasteiger partial charge in [-0.3, -0.25) is 14.4 Å². The molecule has 0 saturated heterocycles. The molecule has 2 aliphatic rings. The van der Waals surface area contributed by atoms with Gasteiger partial charge in [-0.1, -0.05) is 12.1 Å². The number of nitrogens with zero attached hydrogens (tertiary/aromatic N) is 1. The lowest BCUT2D eigenvalue weighted by molar-refractivity contribution is -0.155. The van der Waals surface area contributed by atoms with Crippen LogP contribution in [0, 0.1) is 11.6 Å². The highest BCUT2D eigenvalue weighted by molar-refractivity contribution is 6.62. The highest BCUT2D eigenvalue weighted by atomic mass is 19.1. The van der Waals surface area contributed by atoms with Crippen LogP contribution in [0.1, 0.15) is 65.5 Å². The number of hydrogen-bond donors (Lipinski definition) is 2. The Kier molecular flexibility index (Phi) is 8.03. The minimum atomic E-state index is -1.51. The molecule has 2 aliphatic heterocycles. The van der Waals surface area contributed by atoms with Crippen LogP contribution in [-0.4, -0.2) is 65.5 Å². The summed E-state index contributed by atoms with van der Waals surface area (Å²) in [5.74, 6) is -3.96. The largest absolute Gasteiger partial charge is 0.494 e. The van der Waals surface area contributed by atoms with Crippen LogP contribution in [0.25, 0.3) is 0 Å². The first kappa shape index (κ1) is 27.9. The number of fused-ring (bicyclic) bond motifs is 2. The number of benzene rings is 2. The van der Waals surface area contributed by atoms with Crippen LogP contribution < -0.4 is 10.9 Å². The van der Waals surface area contributed by atoms with Gasteiger partial charge in [-0.15, -0.1) is 0 Å². The molecule has 0 atom stereocenters. The first-order valence-corrected chi connectivity index (χ1v) is 12.1. The second-order valence-electron chi connectivity index (χ2n) is 10.2. The van der Waals surface area contributed by atoms with Crippen molar-refractivity contribution in [2.75, 3.05) is 13.1 Å². The minimum absolute atomic E-state index is 0.00592. The Bertz CT molecular complexity index is 1280. The average molecular weight is 529 g/mol. The molecule has 0 bridgehead atoms. The Morgan fingerprint density at radius 2 is 1.47 bits per heavy atom. The molecule has 0 radical (unpaired) electrons. The van der Waals surface area contributed by atoms with Crippen LogP contribution in [0.15, 0.2) is 24.3 Å². The van der Waals surface area contributed by atoms with Gasteiger partial charge in [0, 0.05) is 23.9 Å².